The number of aryl methyl sites for hydroxylation is 1. The summed E-state index contributed by atoms with van der Waals surface area (Å²) >= 11 is 0. The fourth-order valence-electron chi connectivity index (χ4n) is 1.50. The van der Waals surface area contributed by atoms with Gasteiger partial charge in [-0.05, 0) is 13.0 Å². The number of benzene rings is 1. The molecular formula is C13H15N3O. The Balaban J connectivity index is 1.88. The van der Waals surface area contributed by atoms with E-state index in [4.69, 9.17) is 0 Å². The molecule has 0 atom stereocenters. The molecular weight excluding hydrogens is 214 g/mol. The highest BCUT2D eigenvalue weighted by molar-refractivity contribution is 5.31. The van der Waals surface area contributed by atoms with Crippen molar-refractivity contribution in [2.75, 3.05) is 0 Å². The van der Waals surface area contributed by atoms with E-state index in [1.165, 1.54) is 0 Å². The van der Waals surface area contributed by atoms with Gasteiger partial charge in [0, 0.05) is 31.0 Å². The Hall–Kier alpha value is -1.94. The van der Waals surface area contributed by atoms with Crippen LogP contribution in [0, 0.1) is 6.92 Å². The van der Waals surface area contributed by atoms with Crippen LogP contribution in [0.25, 0.3) is 0 Å². The van der Waals surface area contributed by atoms with E-state index in [0.717, 1.165) is 17.0 Å². The molecule has 4 nitrogen and oxygen atoms in total. The third-order valence-corrected chi connectivity index (χ3v) is 2.45. The van der Waals surface area contributed by atoms with E-state index in [1.807, 2.05) is 25.1 Å². The smallest absolute Gasteiger partial charge is 0.120 e. The van der Waals surface area contributed by atoms with Crippen LogP contribution < -0.4 is 5.32 Å². The molecule has 0 radical (unpaired) electrons. The van der Waals surface area contributed by atoms with Crippen LogP contribution in [0.2, 0.25) is 0 Å². The molecule has 0 saturated carbocycles. The molecule has 0 fully saturated rings. The van der Waals surface area contributed by atoms with Crippen molar-refractivity contribution in [2.45, 2.75) is 20.0 Å². The van der Waals surface area contributed by atoms with E-state index < -0.39 is 0 Å². The second kappa shape index (κ2) is 5.41. The maximum atomic E-state index is 9.58. The second-order valence-corrected chi connectivity index (χ2v) is 3.88. The average Bonchev–Trinajstić information content (AvgIpc) is 2.34. The number of rotatable bonds is 4. The number of nitrogens with one attached hydrogen (secondary N) is 1. The molecule has 0 unspecified atom stereocenters. The van der Waals surface area contributed by atoms with Crippen molar-refractivity contribution < 1.29 is 5.11 Å². The van der Waals surface area contributed by atoms with Gasteiger partial charge in [-0.25, -0.2) is 0 Å². The fraction of sp³-hybridized carbons (Fsp3) is 0.231. The summed E-state index contributed by atoms with van der Waals surface area (Å²) in [7, 11) is 0. The van der Waals surface area contributed by atoms with Crippen LogP contribution in [0.15, 0.2) is 36.7 Å². The SMILES string of the molecule is Cc1cnc(CNCc2ccccc2O)cn1. The van der Waals surface area contributed by atoms with E-state index >= 15 is 0 Å². The van der Waals surface area contributed by atoms with Crippen LogP contribution in [0.4, 0.5) is 0 Å². The molecule has 2 N–H and O–H groups in total. The zero-order valence-corrected chi connectivity index (χ0v) is 9.72. The number of phenolic OH excluding ortho intramolecular Hbond substituents is 1. The van der Waals surface area contributed by atoms with Gasteiger partial charge in [-0.1, -0.05) is 18.2 Å². The molecule has 0 saturated heterocycles. The van der Waals surface area contributed by atoms with E-state index in [2.05, 4.69) is 15.3 Å². The molecule has 17 heavy (non-hydrogen) atoms. The molecule has 1 aromatic heterocycles. The summed E-state index contributed by atoms with van der Waals surface area (Å²) in [5, 5.41) is 12.8. The van der Waals surface area contributed by atoms with Crippen molar-refractivity contribution in [3.63, 3.8) is 0 Å². The zero-order chi connectivity index (χ0) is 12.1. The van der Waals surface area contributed by atoms with Gasteiger partial charge in [-0.15, -0.1) is 0 Å². The van der Waals surface area contributed by atoms with Gasteiger partial charge in [-0.3, -0.25) is 9.97 Å². The minimum absolute atomic E-state index is 0.315. The van der Waals surface area contributed by atoms with Crippen LogP contribution in [0.3, 0.4) is 0 Å². The third kappa shape index (κ3) is 3.26. The number of nitrogens with zero attached hydrogens (tertiary/aromatic N) is 2. The highest BCUT2D eigenvalue weighted by Crippen LogP contribution is 2.14. The van der Waals surface area contributed by atoms with Gasteiger partial charge in [-0.2, -0.15) is 0 Å². The number of phenols is 1. The van der Waals surface area contributed by atoms with Crippen molar-refractivity contribution >= 4 is 0 Å². The summed E-state index contributed by atoms with van der Waals surface area (Å²) in [4.78, 5) is 8.41. The first kappa shape index (κ1) is 11.5. The van der Waals surface area contributed by atoms with Crippen LogP contribution in [-0.2, 0) is 13.1 Å². The van der Waals surface area contributed by atoms with Crippen LogP contribution >= 0.6 is 0 Å². The number of hydrogen-bond acceptors (Lipinski definition) is 4. The number of aromatic hydroxyl groups is 1. The number of aromatic nitrogens is 2. The summed E-state index contributed by atoms with van der Waals surface area (Å²) in [6.07, 6.45) is 3.50. The topological polar surface area (TPSA) is 58.0 Å². The Bertz CT molecular complexity index is 482. The van der Waals surface area contributed by atoms with Crippen molar-refractivity contribution in [2.24, 2.45) is 0 Å². The van der Waals surface area contributed by atoms with E-state index in [1.54, 1.807) is 18.5 Å². The lowest BCUT2D eigenvalue weighted by Crippen LogP contribution is -2.14. The lowest BCUT2D eigenvalue weighted by Gasteiger charge is -2.06. The molecule has 0 aliphatic carbocycles. The summed E-state index contributed by atoms with van der Waals surface area (Å²) in [6, 6.07) is 7.29. The minimum atomic E-state index is 0.315. The highest BCUT2D eigenvalue weighted by Gasteiger charge is 1.99. The van der Waals surface area contributed by atoms with Gasteiger partial charge >= 0.3 is 0 Å². The van der Waals surface area contributed by atoms with Crippen molar-refractivity contribution in [3.8, 4) is 5.75 Å². The second-order valence-electron chi connectivity index (χ2n) is 3.88. The first-order valence-electron chi connectivity index (χ1n) is 5.51. The van der Waals surface area contributed by atoms with Gasteiger partial charge in [0.1, 0.15) is 5.75 Å². The van der Waals surface area contributed by atoms with Crippen molar-refractivity contribution in [1.82, 2.24) is 15.3 Å². The van der Waals surface area contributed by atoms with Gasteiger partial charge in [0.05, 0.1) is 11.4 Å². The molecule has 1 heterocycles. The summed E-state index contributed by atoms with van der Waals surface area (Å²) in [5.74, 6) is 0.315. The molecule has 4 heteroatoms. The highest BCUT2D eigenvalue weighted by atomic mass is 16.3. The Morgan fingerprint density at radius 3 is 2.65 bits per heavy atom. The number of hydrogen-bond donors (Lipinski definition) is 2. The molecule has 0 spiro atoms. The molecule has 2 rings (SSSR count). The quantitative estimate of drug-likeness (QED) is 0.839. The summed E-state index contributed by atoms with van der Waals surface area (Å²) in [5.41, 5.74) is 2.69. The van der Waals surface area contributed by atoms with E-state index in [-0.39, 0.29) is 0 Å². The standard InChI is InChI=1S/C13H15N3O/c1-10-6-16-12(9-15-10)8-14-7-11-4-2-3-5-13(11)17/h2-6,9,14,17H,7-8H2,1H3. The molecule has 0 amide bonds. The van der Waals surface area contributed by atoms with Crippen LogP contribution in [-0.4, -0.2) is 15.1 Å². The van der Waals surface area contributed by atoms with Crippen molar-refractivity contribution in [3.05, 3.63) is 53.6 Å². The molecule has 0 aliphatic heterocycles. The monoisotopic (exact) mass is 229 g/mol. The Labute approximate surface area is 100 Å². The lowest BCUT2D eigenvalue weighted by molar-refractivity contribution is 0.464. The normalized spacial score (nSPS) is 10.4. The maximum absolute atomic E-state index is 9.58. The van der Waals surface area contributed by atoms with E-state index in [9.17, 15) is 5.11 Å². The molecule has 88 valence electrons. The average molecular weight is 229 g/mol. The van der Waals surface area contributed by atoms with Gasteiger partial charge in [0.15, 0.2) is 0 Å². The molecule has 2 aromatic rings. The Morgan fingerprint density at radius 1 is 1.12 bits per heavy atom. The largest absolute Gasteiger partial charge is 0.508 e. The first-order chi connectivity index (χ1) is 8.25. The summed E-state index contributed by atoms with van der Waals surface area (Å²) < 4.78 is 0. The van der Waals surface area contributed by atoms with Crippen LogP contribution in [0.1, 0.15) is 17.0 Å². The fourth-order valence-corrected chi connectivity index (χ4v) is 1.50. The van der Waals surface area contributed by atoms with Gasteiger partial charge in [0.25, 0.3) is 0 Å². The maximum Gasteiger partial charge on any atom is 0.120 e. The minimum Gasteiger partial charge on any atom is -0.508 e. The predicted molar refractivity (Wildman–Crippen MR) is 65.4 cm³/mol. The molecule has 0 aliphatic rings. The van der Waals surface area contributed by atoms with Gasteiger partial charge in [0.2, 0.25) is 0 Å². The van der Waals surface area contributed by atoms with Crippen molar-refractivity contribution in [1.29, 1.82) is 0 Å². The van der Waals surface area contributed by atoms with E-state index in [0.29, 0.717) is 18.8 Å². The third-order valence-electron chi connectivity index (χ3n) is 2.45. The Kier molecular flexibility index (Phi) is 3.67. The molecule has 0 bridgehead atoms. The first-order valence-corrected chi connectivity index (χ1v) is 5.51. The molecule has 1 aromatic carbocycles. The van der Waals surface area contributed by atoms with Crippen LogP contribution in [0.5, 0.6) is 5.75 Å². The lowest BCUT2D eigenvalue weighted by atomic mass is 10.2. The summed E-state index contributed by atoms with van der Waals surface area (Å²) in [6.45, 7) is 3.16. The zero-order valence-electron chi connectivity index (χ0n) is 9.72. The van der Waals surface area contributed by atoms with Gasteiger partial charge < -0.3 is 10.4 Å². The Morgan fingerprint density at radius 2 is 1.94 bits per heavy atom. The predicted octanol–water partition coefficient (Wildman–Crippen LogP) is 1.78. The number of para-hydroxylation sites is 1.